The van der Waals surface area contributed by atoms with Crippen LogP contribution in [0.5, 0.6) is 5.75 Å². The van der Waals surface area contributed by atoms with Crippen LogP contribution in [0.3, 0.4) is 0 Å². The number of para-hydroxylation sites is 1. The fraction of sp³-hybridized carbons (Fsp3) is 0.111. The molecule has 0 aliphatic carbocycles. The summed E-state index contributed by atoms with van der Waals surface area (Å²) in [4.78, 5) is 12.4. The monoisotopic (exact) mass is 304 g/mol. The van der Waals surface area contributed by atoms with E-state index in [1.165, 1.54) is 0 Å². The molecule has 2 N–H and O–H groups in total. The lowest BCUT2D eigenvalue weighted by Gasteiger charge is -2.08. The summed E-state index contributed by atoms with van der Waals surface area (Å²) < 4.78 is 5.28. The molecule has 114 valence electrons. The number of nitrogens with one attached hydrogen (secondary N) is 2. The number of nitrogens with zero attached hydrogens (tertiary/aromatic N) is 2. The molecule has 23 heavy (non-hydrogen) atoms. The predicted octanol–water partition coefficient (Wildman–Crippen LogP) is 4.17. The first-order valence-corrected chi connectivity index (χ1v) is 7.40. The van der Waals surface area contributed by atoms with Crippen LogP contribution in [-0.2, 0) is 0 Å². The molecule has 0 atom stereocenters. The summed E-state index contributed by atoms with van der Waals surface area (Å²) in [5, 5.41) is 5.44. The van der Waals surface area contributed by atoms with Gasteiger partial charge in [-0.05, 0) is 25.1 Å². The van der Waals surface area contributed by atoms with Crippen molar-refractivity contribution in [3.05, 3.63) is 54.4 Å². The van der Waals surface area contributed by atoms with Gasteiger partial charge in [-0.25, -0.2) is 9.97 Å². The van der Waals surface area contributed by atoms with E-state index in [-0.39, 0.29) is 0 Å². The lowest BCUT2D eigenvalue weighted by Crippen LogP contribution is -1.99. The lowest BCUT2D eigenvalue weighted by atomic mass is 10.2. The van der Waals surface area contributed by atoms with Crippen molar-refractivity contribution in [2.24, 2.45) is 0 Å². The molecule has 0 aliphatic rings. The summed E-state index contributed by atoms with van der Waals surface area (Å²) in [6.07, 6.45) is 1.93. The molecule has 0 fully saturated rings. The summed E-state index contributed by atoms with van der Waals surface area (Å²) in [6.45, 7) is 1.98. The highest BCUT2D eigenvalue weighted by molar-refractivity contribution is 5.94. The normalized spacial score (nSPS) is 11.0. The minimum atomic E-state index is 0.577. The number of rotatable bonds is 3. The van der Waals surface area contributed by atoms with E-state index < -0.39 is 0 Å². The topological polar surface area (TPSA) is 62.8 Å². The van der Waals surface area contributed by atoms with E-state index in [0.29, 0.717) is 5.95 Å². The van der Waals surface area contributed by atoms with Crippen LogP contribution in [0.1, 0.15) is 5.69 Å². The van der Waals surface area contributed by atoms with Gasteiger partial charge >= 0.3 is 0 Å². The van der Waals surface area contributed by atoms with Crippen LogP contribution in [0.4, 0.5) is 11.6 Å². The number of hydrogen-bond acceptors (Lipinski definition) is 4. The molecule has 4 rings (SSSR count). The van der Waals surface area contributed by atoms with E-state index in [2.05, 4.69) is 26.3 Å². The Morgan fingerprint density at radius 3 is 2.78 bits per heavy atom. The largest absolute Gasteiger partial charge is 0.497 e. The van der Waals surface area contributed by atoms with E-state index in [4.69, 9.17) is 4.74 Å². The maximum Gasteiger partial charge on any atom is 0.228 e. The van der Waals surface area contributed by atoms with Gasteiger partial charge in [0, 0.05) is 28.6 Å². The Balaban J connectivity index is 1.79. The number of anilines is 2. The number of hydrogen-bond donors (Lipinski definition) is 2. The summed E-state index contributed by atoms with van der Waals surface area (Å²) in [6, 6.07) is 13.9. The van der Waals surface area contributed by atoms with Gasteiger partial charge in [-0.2, -0.15) is 0 Å². The first-order chi connectivity index (χ1) is 11.2. The van der Waals surface area contributed by atoms with Crippen LogP contribution >= 0.6 is 0 Å². The first kappa shape index (κ1) is 13.6. The van der Waals surface area contributed by atoms with Gasteiger partial charge < -0.3 is 15.0 Å². The SMILES string of the molecule is COc1ccc2c(C)nc(Nc3c[nH]c4ccccc34)nc2c1. The Morgan fingerprint density at radius 1 is 1.04 bits per heavy atom. The number of fused-ring (bicyclic) bond motifs is 2. The molecule has 0 saturated carbocycles. The third kappa shape index (κ3) is 2.36. The third-order valence-electron chi connectivity index (χ3n) is 3.93. The van der Waals surface area contributed by atoms with Gasteiger partial charge in [0.05, 0.1) is 24.0 Å². The van der Waals surface area contributed by atoms with Crippen molar-refractivity contribution >= 4 is 33.4 Å². The molecule has 5 heteroatoms. The quantitative estimate of drug-likeness (QED) is 0.596. The van der Waals surface area contributed by atoms with Gasteiger partial charge in [-0.15, -0.1) is 0 Å². The van der Waals surface area contributed by atoms with Crippen molar-refractivity contribution in [2.75, 3.05) is 12.4 Å². The molecule has 2 heterocycles. The van der Waals surface area contributed by atoms with Gasteiger partial charge in [-0.1, -0.05) is 18.2 Å². The van der Waals surface area contributed by atoms with Crippen LogP contribution in [0.2, 0.25) is 0 Å². The molecule has 5 nitrogen and oxygen atoms in total. The van der Waals surface area contributed by atoms with Crippen LogP contribution in [0.25, 0.3) is 21.8 Å². The number of H-pyrrole nitrogens is 1. The van der Waals surface area contributed by atoms with E-state index >= 15 is 0 Å². The van der Waals surface area contributed by atoms with Crippen molar-refractivity contribution in [3.63, 3.8) is 0 Å². The second kappa shape index (κ2) is 5.28. The molecule has 4 aromatic rings. The van der Waals surface area contributed by atoms with Crippen LogP contribution in [0, 0.1) is 6.92 Å². The lowest BCUT2D eigenvalue weighted by molar-refractivity contribution is 0.415. The van der Waals surface area contributed by atoms with Crippen LogP contribution < -0.4 is 10.1 Å². The van der Waals surface area contributed by atoms with Crippen LogP contribution in [0.15, 0.2) is 48.7 Å². The first-order valence-electron chi connectivity index (χ1n) is 7.40. The Bertz CT molecular complexity index is 1010. The molecule has 0 bridgehead atoms. The fourth-order valence-electron chi connectivity index (χ4n) is 2.75. The minimum Gasteiger partial charge on any atom is -0.497 e. The molecular weight excluding hydrogens is 288 g/mol. The summed E-state index contributed by atoms with van der Waals surface area (Å²) in [7, 11) is 1.65. The highest BCUT2D eigenvalue weighted by Gasteiger charge is 2.08. The highest BCUT2D eigenvalue weighted by atomic mass is 16.5. The van der Waals surface area contributed by atoms with Crippen molar-refractivity contribution < 1.29 is 4.74 Å². The van der Waals surface area contributed by atoms with Crippen molar-refractivity contribution in [1.29, 1.82) is 0 Å². The smallest absolute Gasteiger partial charge is 0.228 e. The Kier molecular flexibility index (Phi) is 3.12. The molecule has 0 aliphatic heterocycles. The average molecular weight is 304 g/mol. The number of ether oxygens (including phenoxy) is 1. The van der Waals surface area contributed by atoms with E-state index in [1.807, 2.05) is 49.5 Å². The standard InChI is InChI=1S/C18H16N4O/c1-11-13-8-7-12(23-2)9-16(13)21-18(20-11)22-17-10-19-15-6-4-3-5-14(15)17/h3-10,19H,1-2H3,(H,20,21,22). The Labute approximate surface area is 133 Å². The zero-order valence-electron chi connectivity index (χ0n) is 12.9. The van der Waals surface area contributed by atoms with Crippen LogP contribution in [-0.4, -0.2) is 22.1 Å². The third-order valence-corrected chi connectivity index (χ3v) is 3.93. The second-order valence-electron chi connectivity index (χ2n) is 5.39. The molecule has 0 spiro atoms. The van der Waals surface area contributed by atoms with Crippen molar-refractivity contribution in [3.8, 4) is 5.75 Å². The number of methoxy groups -OCH3 is 1. The molecular formula is C18H16N4O. The highest BCUT2D eigenvalue weighted by Crippen LogP contribution is 2.27. The summed E-state index contributed by atoms with van der Waals surface area (Å²) >= 11 is 0. The number of aromatic amines is 1. The molecule has 0 radical (unpaired) electrons. The minimum absolute atomic E-state index is 0.577. The zero-order valence-corrected chi connectivity index (χ0v) is 12.9. The van der Waals surface area contributed by atoms with Crippen molar-refractivity contribution in [2.45, 2.75) is 6.92 Å². The number of benzene rings is 2. The molecule has 2 aromatic carbocycles. The van der Waals surface area contributed by atoms with Gasteiger partial charge in [0.15, 0.2) is 0 Å². The van der Waals surface area contributed by atoms with Gasteiger partial charge in [0.25, 0.3) is 0 Å². The van der Waals surface area contributed by atoms with Gasteiger partial charge in [-0.3, -0.25) is 0 Å². The summed E-state index contributed by atoms with van der Waals surface area (Å²) in [5.74, 6) is 1.36. The molecule has 2 aromatic heterocycles. The van der Waals surface area contributed by atoms with E-state index in [9.17, 15) is 0 Å². The average Bonchev–Trinajstić information content (AvgIpc) is 2.97. The van der Waals surface area contributed by atoms with E-state index in [1.54, 1.807) is 7.11 Å². The number of aryl methyl sites for hydroxylation is 1. The Morgan fingerprint density at radius 2 is 1.91 bits per heavy atom. The summed E-state index contributed by atoms with van der Waals surface area (Å²) in [5.41, 5.74) is 3.83. The van der Waals surface area contributed by atoms with Crippen molar-refractivity contribution in [1.82, 2.24) is 15.0 Å². The van der Waals surface area contributed by atoms with Gasteiger partial charge in [0.2, 0.25) is 5.95 Å². The second-order valence-corrected chi connectivity index (χ2v) is 5.39. The van der Waals surface area contributed by atoms with E-state index in [0.717, 1.165) is 38.9 Å². The molecule has 0 amide bonds. The fourth-order valence-corrected chi connectivity index (χ4v) is 2.75. The zero-order chi connectivity index (χ0) is 15.8. The molecule has 0 saturated heterocycles. The number of aromatic nitrogens is 3. The molecule has 0 unspecified atom stereocenters. The predicted molar refractivity (Wildman–Crippen MR) is 92.4 cm³/mol. The van der Waals surface area contributed by atoms with Gasteiger partial charge in [0.1, 0.15) is 5.75 Å². The maximum absolute atomic E-state index is 5.28. The Hall–Kier alpha value is -3.08. The maximum atomic E-state index is 5.28.